The van der Waals surface area contributed by atoms with Crippen molar-refractivity contribution < 1.29 is 10.0 Å². The molecule has 1 fully saturated rings. The molecule has 0 unspecified atom stereocenters. The number of aliphatic hydroxyl groups is 1. The molecule has 0 bridgehead atoms. The number of hydrogen-bond acceptors (Lipinski definition) is 4. The molecule has 21 heavy (non-hydrogen) atoms. The standard InChI is InChI=1S/C15H21N5O/c21-14-7-9-19(10-8-14)12-15-16-17-18-20(15)11-6-13-4-2-1-3-5-13/h1-5,14,21H,6-12H2/p+1. The summed E-state index contributed by atoms with van der Waals surface area (Å²) < 4.78 is 1.91. The van der Waals surface area contributed by atoms with Crippen LogP contribution in [0.5, 0.6) is 0 Å². The normalized spacial score (nSPS) is 22.3. The van der Waals surface area contributed by atoms with Gasteiger partial charge in [0, 0.05) is 19.4 Å². The largest absolute Gasteiger partial charge is 0.393 e. The summed E-state index contributed by atoms with van der Waals surface area (Å²) in [7, 11) is 0. The van der Waals surface area contributed by atoms with E-state index in [-0.39, 0.29) is 6.10 Å². The predicted octanol–water partition coefficient (Wildman–Crippen LogP) is -0.545. The second kappa shape index (κ2) is 6.78. The average molecular weight is 288 g/mol. The van der Waals surface area contributed by atoms with Gasteiger partial charge in [0.2, 0.25) is 5.82 Å². The Bertz CT molecular complexity index is 548. The van der Waals surface area contributed by atoms with E-state index in [1.54, 1.807) is 0 Å². The summed E-state index contributed by atoms with van der Waals surface area (Å²) in [6.45, 7) is 3.64. The number of likely N-dealkylation sites (tertiary alicyclic amines) is 1. The highest BCUT2D eigenvalue weighted by atomic mass is 16.3. The molecule has 112 valence electrons. The number of benzene rings is 1. The number of aromatic nitrogens is 4. The van der Waals surface area contributed by atoms with E-state index in [0.717, 1.165) is 51.3 Å². The molecule has 0 saturated carbocycles. The molecule has 0 spiro atoms. The Hall–Kier alpha value is -1.79. The van der Waals surface area contributed by atoms with Gasteiger partial charge in [-0.3, -0.25) is 0 Å². The van der Waals surface area contributed by atoms with Crippen molar-refractivity contribution in [3.05, 3.63) is 41.7 Å². The van der Waals surface area contributed by atoms with Crippen molar-refractivity contribution in [3.8, 4) is 0 Å². The fraction of sp³-hybridized carbons (Fsp3) is 0.533. The molecule has 0 aliphatic carbocycles. The Labute approximate surface area is 124 Å². The smallest absolute Gasteiger partial charge is 0.206 e. The van der Waals surface area contributed by atoms with Gasteiger partial charge < -0.3 is 10.0 Å². The van der Waals surface area contributed by atoms with Crippen LogP contribution in [0.3, 0.4) is 0 Å². The number of hydrogen-bond donors (Lipinski definition) is 2. The first-order valence-electron chi connectivity index (χ1n) is 7.62. The molecule has 2 heterocycles. The number of rotatable bonds is 5. The highest BCUT2D eigenvalue weighted by Crippen LogP contribution is 2.03. The van der Waals surface area contributed by atoms with Crippen LogP contribution in [0.15, 0.2) is 30.3 Å². The van der Waals surface area contributed by atoms with Crippen LogP contribution in [-0.4, -0.2) is 44.5 Å². The average Bonchev–Trinajstić information content (AvgIpc) is 2.96. The van der Waals surface area contributed by atoms with Gasteiger partial charge in [-0.25, -0.2) is 4.68 Å². The molecule has 1 aliphatic rings. The van der Waals surface area contributed by atoms with Gasteiger partial charge in [-0.1, -0.05) is 30.3 Å². The van der Waals surface area contributed by atoms with Gasteiger partial charge in [0.25, 0.3) is 0 Å². The van der Waals surface area contributed by atoms with Crippen molar-refractivity contribution in [1.82, 2.24) is 20.2 Å². The van der Waals surface area contributed by atoms with E-state index in [2.05, 4.69) is 39.8 Å². The summed E-state index contributed by atoms with van der Waals surface area (Å²) in [6.07, 6.45) is 2.57. The molecule has 3 rings (SSSR count). The van der Waals surface area contributed by atoms with E-state index in [4.69, 9.17) is 0 Å². The van der Waals surface area contributed by atoms with Crippen LogP contribution in [-0.2, 0) is 19.5 Å². The van der Waals surface area contributed by atoms with Crippen LogP contribution in [0.4, 0.5) is 0 Å². The van der Waals surface area contributed by atoms with Crippen LogP contribution < -0.4 is 4.90 Å². The molecular weight excluding hydrogens is 266 g/mol. The topological polar surface area (TPSA) is 68.3 Å². The highest BCUT2D eigenvalue weighted by molar-refractivity contribution is 5.14. The number of tetrazole rings is 1. The van der Waals surface area contributed by atoms with Crippen LogP contribution in [0, 0.1) is 0 Å². The second-order valence-corrected chi connectivity index (χ2v) is 5.71. The van der Waals surface area contributed by atoms with E-state index in [9.17, 15) is 5.11 Å². The lowest BCUT2D eigenvalue weighted by molar-refractivity contribution is -0.920. The molecule has 6 heteroatoms. The molecule has 1 aliphatic heterocycles. The third-order valence-electron chi connectivity index (χ3n) is 4.13. The molecule has 2 aromatic rings. The third kappa shape index (κ3) is 3.86. The molecular formula is C15H22N5O+. The first-order chi connectivity index (χ1) is 10.3. The quantitative estimate of drug-likeness (QED) is 0.775. The molecule has 2 N–H and O–H groups in total. The maximum Gasteiger partial charge on any atom is 0.206 e. The molecule has 0 amide bonds. The van der Waals surface area contributed by atoms with E-state index < -0.39 is 0 Å². The SMILES string of the molecule is OC1CC[NH+](Cc2nnnn2CCc2ccccc2)CC1. The van der Waals surface area contributed by atoms with Crippen LogP contribution in [0.2, 0.25) is 0 Å². The molecule has 0 radical (unpaired) electrons. The van der Waals surface area contributed by atoms with Crippen molar-refractivity contribution in [2.45, 2.75) is 38.5 Å². The summed E-state index contributed by atoms with van der Waals surface area (Å²) in [4.78, 5) is 1.45. The Morgan fingerprint density at radius 1 is 1.19 bits per heavy atom. The fourth-order valence-electron chi connectivity index (χ4n) is 2.81. The van der Waals surface area contributed by atoms with Gasteiger partial charge in [-0.15, -0.1) is 5.10 Å². The predicted molar refractivity (Wildman–Crippen MR) is 77.6 cm³/mol. The highest BCUT2D eigenvalue weighted by Gasteiger charge is 2.22. The van der Waals surface area contributed by atoms with E-state index in [1.807, 2.05) is 10.7 Å². The minimum Gasteiger partial charge on any atom is -0.393 e. The molecule has 6 nitrogen and oxygen atoms in total. The Morgan fingerprint density at radius 3 is 2.71 bits per heavy atom. The number of aliphatic hydroxyl groups excluding tert-OH is 1. The lowest BCUT2D eigenvalue weighted by Gasteiger charge is -2.26. The Balaban J connectivity index is 1.56. The molecule has 1 aromatic heterocycles. The van der Waals surface area contributed by atoms with Gasteiger partial charge in [-0.2, -0.15) is 0 Å². The summed E-state index contributed by atoms with van der Waals surface area (Å²) in [5, 5.41) is 21.6. The lowest BCUT2D eigenvalue weighted by atomic mass is 10.1. The van der Waals surface area contributed by atoms with Crippen molar-refractivity contribution in [2.24, 2.45) is 0 Å². The first-order valence-corrected chi connectivity index (χ1v) is 7.62. The number of nitrogens with zero attached hydrogens (tertiary/aromatic N) is 4. The van der Waals surface area contributed by atoms with Gasteiger partial charge in [-0.05, 0) is 22.4 Å². The summed E-state index contributed by atoms with van der Waals surface area (Å²) in [5.41, 5.74) is 1.30. The van der Waals surface area contributed by atoms with Gasteiger partial charge in [0.1, 0.15) is 6.54 Å². The van der Waals surface area contributed by atoms with Crippen molar-refractivity contribution in [3.63, 3.8) is 0 Å². The van der Waals surface area contributed by atoms with Crippen LogP contribution >= 0.6 is 0 Å². The number of piperidine rings is 1. The molecule has 0 atom stereocenters. The first kappa shape index (κ1) is 14.2. The number of nitrogens with one attached hydrogen (secondary N) is 1. The summed E-state index contributed by atoms with van der Waals surface area (Å²) in [6, 6.07) is 10.4. The maximum absolute atomic E-state index is 9.56. The number of quaternary nitrogens is 1. The van der Waals surface area contributed by atoms with Crippen molar-refractivity contribution in [2.75, 3.05) is 13.1 Å². The van der Waals surface area contributed by atoms with Crippen molar-refractivity contribution in [1.29, 1.82) is 0 Å². The van der Waals surface area contributed by atoms with Crippen molar-refractivity contribution >= 4 is 0 Å². The zero-order chi connectivity index (χ0) is 14.5. The maximum atomic E-state index is 9.56. The van der Waals surface area contributed by atoms with Gasteiger partial charge in [0.15, 0.2) is 0 Å². The van der Waals surface area contributed by atoms with Gasteiger partial charge >= 0.3 is 0 Å². The monoisotopic (exact) mass is 288 g/mol. The minimum atomic E-state index is -0.122. The summed E-state index contributed by atoms with van der Waals surface area (Å²) in [5.74, 6) is 0.942. The third-order valence-corrected chi connectivity index (χ3v) is 4.13. The van der Waals surface area contributed by atoms with E-state index in [1.165, 1.54) is 10.5 Å². The summed E-state index contributed by atoms with van der Waals surface area (Å²) >= 11 is 0. The fourth-order valence-corrected chi connectivity index (χ4v) is 2.81. The van der Waals surface area contributed by atoms with Crippen LogP contribution in [0.25, 0.3) is 0 Å². The minimum absolute atomic E-state index is 0.122. The van der Waals surface area contributed by atoms with Crippen LogP contribution in [0.1, 0.15) is 24.2 Å². The number of aryl methyl sites for hydroxylation is 2. The van der Waals surface area contributed by atoms with E-state index >= 15 is 0 Å². The molecule has 1 saturated heterocycles. The Kier molecular flexibility index (Phi) is 4.57. The zero-order valence-corrected chi connectivity index (χ0v) is 12.1. The Morgan fingerprint density at radius 2 is 1.95 bits per heavy atom. The van der Waals surface area contributed by atoms with E-state index in [0.29, 0.717) is 0 Å². The lowest BCUT2D eigenvalue weighted by Crippen LogP contribution is -3.12. The second-order valence-electron chi connectivity index (χ2n) is 5.71. The zero-order valence-electron chi connectivity index (χ0n) is 12.1. The van der Waals surface area contributed by atoms with Gasteiger partial charge in [0.05, 0.1) is 19.2 Å². The molecule has 1 aromatic carbocycles.